The Morgan fingerprint density at radius 1 is 1.19 bits per heavy atom. The third-order valence-electron chi connectivity index (χ3n) is 4.83. The molecule has 1 saturated carbocycles. The van der Waals surface area contributed by atoms with E-state index in [-0.39, 0.29) is 5.41 Å². The van der Waals surface area contributed by atoms with Gasteiger partial charge in [0.1, 0.15) is 6.10 Å². The highest BCUT2D eigenvalue weighted by molar-refractivity contribution is 5.31. The first-order valence-electron chi connectivity index (χ1n) is 8.03. The van der Waals surface area contributed by atoms with Gasteiger partial charge in [0, 0.05) is 18.2 Å². The van der Waals surface area contributed by atoms with E-state index in [1.165, 1.54) is 18.4 Å². The van der Waals surface area contributed by atoms with Gasteiger partial charge in [-0.15, -0.1) is 0 Å². The van der Waals surface area contributed by atoms with Gasteiger partial charge in [-0.25, -0.2) is 0 Å². The van der Waals surface area contributed by atoms with Crippen molar-refractivity contribution in [3.63, 3.8) is 0 Å². The predicted octanol–water partition coefficient (Wildman–Crippen LogP) is 3.84. The molecular weight excluding hydrogens is 260 g/mol. The van der Waals surface area contributed by atoms with Crippen LogP contribution >= 0.6 is 0 Å². The fourth-order valence-corrected chi connectivity index (χ4v) is 3.75. The van der Waals surface area contributed by atoms with Crippen LogP contribution in [0, 0.1) is 0 Å². The molecule has 0 radical (unpaired) electrons. The van der Waals surface area contributed by atoms with E-state index in [1.54, 1.807) is 0 Å². The number of aliphatic hydroxyl groups excluding tert-OH is 1. The maximum absolute atomic E-state index is 11.2. The molecule has 112 valence electrons. The summed E-state index contributed by atoms with van der Waals surface area (Å²) in [6, 6.07) is 12.5. The van der Waals surface area contributed by atoms with Crippen molar-refractivity contribution in [2.75, 3.05) is 0 Å². The van der Waals surface area contributed by atoms with E-state index in [2.05, 4.69) is 36.3 Å². The second kappa shape index (κ2) is 6.02. The molecule has 3 rings (SSSR count). The first kappa shape index (κ1) is 14.3. The lowest BCUT2D eigenvalue weighted by Crippen LogP contribution is -2.32. The van der Waals surface area contributed by atoms with E-state index in [0.29, 0.717) is 0 Å². The largest absolute Gasteiger partial charge is 0.386 e. The molecule has 1 aromatic heterocycles. The maximum atomic E-state index is 11.2. The van der Waals surface area contributed by atoms with E-state index in [9.17, 15) is 5.11 Å². The second-order valence-corrected chi connectivity index (χ2v) is 6.11. The molecule has 1 aliphatic rings. The molecule has 0 bridgehead atoms. The van der Waals surface area contributed by atoms with E-state index < -0.39 is 6.10 Å². The molecule has 0 spiro atoms. The Kier molecular flexibility index (Phi) is 4.11. The molecule has 3 heteroatoms. The van der Waals surface area contributed by atoms with Crippen molar-refractivity contribution in [2.24, 2.45) is 0 Å². The lowest BCUT2D eigenvalue weighted by Gasteiger charge is -2.35. The smallest absolute Gasteiger partial charge is 0.105 e. The van der Waals surface area contributed by atoms with Crippen LogP contribution < -0.4 is 0 Å². The van der Waals surface area contributed by atoms with Crippen LogP contribution in [-0.2, 0) is 12.0 Å². The number of benzene rings is 1. The summed E-state index contributed by atoms with van der Waals surface area (Å²) < 4.78 is 1.97. The topological polar surface area (TPSA) is 38.0 Å². The minimum absolute atomic E-state index is 0.146. The summed E-state index contributed by atoms with van der Waals surface area (Å²) in [7, 11) is 0. The summed E-state index contributed by atoms with van der Waals surface area (Å²) in [4.78, 5) is 0. The van der Waals surface area contributed by atoms with Gasteiger partial charge in [-0.2, -0.15) is 5.10 Å². The molecule has 3 nitrogen and oxygen atoms in total. The highest BCUT2D eigenvalue weighted by atomic mass is 16.3. The van der Waals surface area contributed by atoms with Gasteiger partial charge >= 0.3 is 0 Å². The molecule has 1 N–H and O–H groups in total. The molecule has 1 fully saturated rings. The zero-order valence-corrected chi connectivity index (χ0v) is 12.7. The monoisotopic (exact) mass is 284 g/mol. The van der Waals surface area contributed by atoms with Crippen LogP contribution in [0.2, 0.25) is 0 Å². The average Bonchev–Trinajstić information content (AvgIpc) is 3.18. The summed E-state index contributed by atoms with van der Waals surface area (Å²) in [5, 5.41) is 15.5. The van der Waals surface area contributed by atoms with Gasteiger partial charge in [-0.05, 0) is 30.9 Å². The maximum Gasteiger partial charge on any atom is 0.105 e. The van der Waals surface area contributed by atoms with Gasteiger partial charge in [-0.3, -0.25) is 4.68 Å². The molecule has 1 aliphatic carbocycles. The van der Waals surface area contributed by atoms with Crippen LogP contribution in [0.3, 0.4) is 0 Å². The van der Waals surface area contributed by atoms with Crippen molar-refractivity contribution >= 4 is 0 Å². The summed E-state index contributed by atoms with van der Waals surface area (Å²) in [5.74, 6) is 0. The number of hydrogen-bond donors (Lipinski definition) is 1. The lowest BCUT2D eigenvalue weighted by atomic mass is 9.73. The standard InChI is InChI=1S/C18H24N2O/c1-2-14-20-16(10-13-19-20)17(21)18(11-6-7-12-18)15-8-4-3-5-9-15/h3-5,8-10,13,17,21H,2,6-7,11-12,14H2,1H3. The minimum atomic E-state index is -0.476. The summed E-state index contributed by atoms with van der Waals surface area (Å²) in [6.07, 6.45) is 6.84. The third kappa shape index (κ3) is 2.51. The van der Waals surface area contributed by atoms with Gasteiger partial charge in [0.2, 0.25) is 0 Å². The van der Waals surface area contributed by atoms with Crippen LogP contribution in [0.4, 0.5) is 0 Å². The van der Waals surface area contributed by atoms with Gasteiger partial charge in [0.15, 0.2) is 0 Å². The summed E-state index contributed by atoms with van der Waals surface area (Å²) in [6.45, 7) is 3.00. The van der Waals surface area contributed by atoms with Crippen LogP contribution in [0.15, 0.2) is 42.6 Å². The van der Waals surface area contributed by atoms with Crippen molar-refractivity contribution in [3.05, 3.63) is 53.9 Å². The van der Waals surface area contributed by atoms with Gasteiger partial charge in [0.25, 0.3) is 0 Å². The van der Waals surface area contributed by atoms with Gasteiger partial charge < -0.3 is 5.11 Å². The zero-order valence-electron chi connectivity index (χ0n) is 12.7. The Morgan fingerprint density at radius 2 is 1.90 bits per heavy atom. The fraction of sp³-hybridized carbons (Fsp3) is 0.500. The SMILES string of the molecule is CCCn1nccc1C(O)C1(c2ccccc2)CCCC1. The van der Waals surface area contributed by atoms with E-state index in [0.717, 1.165) is 31.5 Å². The van der Waals surface area contributed by atoms with Gasteiger partial charge in [-0.1, -0.05) is 50.1 Å². The predicted molar refractivity (Wildman–Crippen MR) is 84.1 cm³/mol. The molecule has 1 unspecified atom stereocenters. The number of hydrogen-bond acceptors (Lipinski definition) is 2. The van der Waals surface area contributed by atoms with Crippen LogP contribution in [0.5, 0.6) is 0 Å². The number of aliphatic hydroxyl groups is 1. The molecular formula is C18H24N2O. The first-order chi connectivity index (χ1) is 10.3. The van der Waals surface area contributed by atoms with E-state index >= 15 is 0 Å². The highest BCUT2D eigenvalue weighted by Gasteiger charge is 2.43. The Bertz CT molecular complexity index is 570. The first-order valence-corrected chi connectivity index (χ1v) is 8.03. The third-order valence-corrected chi connectivity index (χ3v) is 4.83. The fourth-order valence-electron chi connectivity index (χ4n) is 3.75. The quantitative estimate of drug-likeness (QED) is 0.906. The Morgan fingerprint density at radius 3 is 2.57 bits per heavy atom. The molecule has 0 amide bonds. The molecule has 1 heterocycles. The van der Waals surface area contributed by atoms with Crippen molar-refractivity contribution in [3.8, 4) is 0 Å². The highest BCUT2D eigenvalue weighted by Crippen LogP contribution is 2.49. The number of aryl methyl sites for hydroxylation is 1. The normalized spacial score (nSPS) is 18.8. The van der Waals surface area contributed by atoms with E-state index in [4.69, 9.17) is 0 Å². The average molecular weight is 284 g/mol. The molecule has 21 heavy (non-hydrogen) atoms. The summed E-state index contributed by atoms with van der Waals surface area (Å²) >= 11 is 0. The van der Waals surface area contributed by atoms with Crippen molar-refractivity contribution < 1.29 is 5.11 Å². The minimum Gasteiger partial charge on any atom is -0.386 e. The second-order valence-electron chi connectivity index (χ2n) is 6.11. The van der Waals surface area contributed by atoms with E-state index in [1.807, 2.05) is 23.0 Å². The Balaban J connectivity index is 1.99. The van der Waals surface area contributed by atoms with Crippen LogP contribution in [-0.4, -0.2) is 14.9 Å². The number of rotatable bonds is 5. The van der Waals surface area contributed by atoms with Crippen molar-refractivity contribution in [2.45, 2.75) is 57.1 Å². The number of nitrogens with zero attached hydrogens (tertiary/aromatic N) is 2. The Hall–Kier alpha value is -1.61. The molecule has 2 aromatic rings. The van der Waals surface area contributed by atoms with Gasteiger partial charge in [0.05, 0.1) is 5.69 Å². The molecule has 1 aromatic carbocycles. The lowest BCUT2D eigenvalue weighted by molar-refractivity contribution is 0.0736. The van der Waals surface area contributed by atoms with Crippen LogP contribution in [0.1, 0.15) is 56.4 Å². The van der Waals surface area contributed by atoms with Crippen LogP contribution in [0.25, 0.3) is 0 Å². The summed E-state index contributed by atoms with van der Waals surface area (Å²) in [5.41, 5.74) is 2.08. The Labute approximate surface area is 126 Å². The molecule has 0 saturated heterocycles. The molecule has 1 atom stereocenters. The number of aromatic nitrogens is 2. The van der Waals surface area contributed by atoms with Crippen molar-refractivity contribution in [1.82, 2.24) is 9.78 Å². The zero-order chi connectivity index (χ0) is 14.7. The van der Waals surface area contributed by atoms with Crippen molar-refractivity contribution in [1.29, 1.82) is 0 Å². The molecule has 0 aliphatic heterocycles.